The molecule has 0 bridgehead atoms. The van der Waals surface area contributed by atoms with E-state index in [0.29, 0.717) is 12.8 Å². The summed E-state index contributed by atoms with van der Waals surface area (Å²) < 4.78 is 77.3. The van der Waals surface area contributed by atoms with Gasteiger partial charge in [-0.3, -0.25) is 0 Å². The third-order valence-electron chi connectivity index (χ3n) is 4.12. The highest BCUT2D eigenvalue weighted by molar-refractivity contribution is 7.89. The van der Waals surface area contributed by atoms with Gasteiger partial charge < -0.3 is 9.29 Å². The molecule has 0 aromatic heterocycles. The summed E-state index contributed by atoms with van der Waals surface area (Å²) in [5.74, 6) is -6.23. The molecule has 27 heavy (non-hydrogen) atoms. The van der Waals surface area contributed by atoms with Crippen molar-refractivity contribution in [2.24, 2.45) is 0 Å². The van der Waals surface area contributed by atoms with Crippen molar-refractivity contribution in [2.45, 2.75) is 57.7 Å². The van der Waals surface area contributed by atoms with Crippen LogP contribution in [0.15, 0.2) is 24.3 Å². The Labute approximate surface area is 160 Å². The maximum atomic E-state index is 15.1. The molecular weight excluding hydrogens is 386 g/mol. The number of hydrogen-bond acceptors (Lipinski definition) is 4. The van der Waals surface area contributed by atoms with Gasteiger partial charge in [-0.15, -0.1) is 4.72 Å². The molecule has 1 aromatic rings. The van der Waals surface area contributed by atoms with Crippen LogP contribution in [0.3, 0.4) is 0 Å². The third kappa shape index (κ3) is 6.08. The Bertz CT molecular complexity index is 620. The first-order valence-electron chi connectivity index (χ1n) is 8.68. The fraction of sp³-hybridized carbons (Fsp3) is 0.611. The Morgan fingerprint density at radius 3 is 2.52 bits per heavy atom. The molecule has 4 nitrogen and oxygen atoms in total. The van der Waals surface area contributed by atoms with E-state index in [1.54, 1.807) is 0 Å². The summed E-state index contributed by atoms with van der Waals surface area (Å²) in [6, 6.07) is 4.77. The van der Waals surface area contributed by atoms with E-state index in [1.807, 2.05) is 6.92 Å². The van der Waals surface area contributed by atoms with Gasteiger partial charge in [-0.05, 0) is 26.3 Å². The maximum absolute atomic E-state index is 15.1. The van der Waals surface area contributed by atoms with Crippen LogP contribution < -0.4 is 4.72 Å². The SMILES string of the molecule is CCCC[S@@+]([O-])N[C@](C)(c1ccccc1F)C(F)(F)CC(F)C(=O)OCC. The van der Waals surface area contributed by atoms with E-state index < -0.39 is 52.8 Å². The Balaban J connectivity index is 3.23. The lowest BCUT2D eigenvalue weighted by Gasteiger charge is -2.38. The van der Waals surface area contributed by atoms with Crippen molar-refractivity contribution in [3.8, 4) is 0 Å². The number of carbonyl (C=O) groups excluding carboxylic acids is 1. The minimum atomic E-state index is -3.94. The largest absolute Gasteiger partial charge is 0.598 e. The van der Waals surface area contributed by atoms with Gasteiger partial charge in [0.15, 0.2) is 5.54 Å². The number of unbranched alkanes of at least 4 members (excludes halogenated alkanes) is 1. The van der Waals surface area contributed by atoms with Crippen molar-refractivity contribution in [3.63, 3.8) is 0 Å². The van der Waals surface area contributed by atoms with Gasteiger partial charge in [0.2, 0.25) is 6.17 Å². The molecule has 154 valence electrons. The summed E-state index contributed by atoms with van der Waals surface area (Å²) in [6.45, 7) is 4.06. The molecule has 0 heterocycles. The molecule has 0 spiro atoms. The van der Waals surface area contributed by atoms with Crippen LogP contribution in [0.5, 0.6) is 0 Å². The quantitative estimate of drug-likeness (QED) is 0.339. The van der Waals surface area contributed by atoms with Crippen LogP contribution in [-0.4, -0.2) is 35.0 Å². The molecular formula is C18H25F4NO3S. The minimum Gasteiger partial charge on any atom is -0.598 e. The lowest BCUT2D eigenvalue weighted by molar-refractivity contribution is -0.157. The number of hydrogen-bond donors (Lipinski definition) is 1. The Morgan fingerprint density at radius 2 is 1.96 bits per heavy atom. The molecule has 3 atom stereocenters. The van der Waals surface area contributed by atoms with Crippen LogP contribution in [0.2, 0.25) is 0 Å². The molecule has 1 N–H and O–H groups in total. The van der Waals surface area contributed by atoms with E-state index in [-0.39, 0.29) is 12.4 Å². The molecule has 0 aliphatic heterocycles. The van der Waals surface area contributed by atoms with Gasteiger partial charge >= 0.3 is 5.97 Å². The van der Waals surface area contributed by atoms with Crippen LogP contribution in [0.1, 0.15) is 45.6 Å². The van der Waals surface area contributed by atoms with E-state index in [9.17, 15) is 18.1 Å². The predicted molar refractivity (Wildman–Crippen MR) is 95.9 cm³/mol. The van der Waals surface area contributed by atoms with Crippen molar-refractivity contribution in [3.05, 3.63) is 35.6 Å². The summed E-state index contributed by atoms with van der Waals surface area (Å²) in [7, 11) is 0. The molecule has 1 aromatic carbocycles. The fourth-order valence-electron chi connectivity index (χ4n) is 2.49. The van der Waals surface area contributed by atoms with Crippen LogP contribution in [0, 0.1) is 5.82 Å². The highest BCUT2D eigenvalue weighted by Gasteiger charge is 2.57. The second kappa shape index (κ2) is 10.3. The molecule has 0 radical (unpaired) electrons. The van der Waals surface area contributed by atoms with Crippen LogP contribution in [0.4, 0.5) is 17.6 Å². The second-order valence-electron chi connectivity index (χ2n) is 6.24. The second-order valence-corrected chi connectivity index (χ2v) is 7.54. The molecule has 0 fully saturated rings. The molecule has 0 saturated carbocycles. The van der Waals surface area contributed by atoms with Gasteiger partial charge in [-0.2, -0.15) is 0 Å². The molecule has 0 aliphatic rings. The molecule has 1 rings (SSSR count). The highest BCUT2D eigenvalue weighted by Crippen LogP contribution is 2.43. The topological polar surface area (TPSA) is 61.4 Å². The van der Waals surface area contributed by atoms with Gasteiger partial charge in [0.1, 0.15) is 11.6 Å². The average molecular weight is 411 g/mol. The van der Waals surface area contributed by atoms with Crippen molar-refractivity contribution in [2.75, 3.05) is 12.4 Å². The summed E-state index contributed by atoms with van der Waals surface area (Å²) in [5.41, 5.74) is -2.95. The van der Waals surface area contributed by atoms with E-state index in [4.69, 9.17) is 0 Å². The van der Waals surface area contributed by atoms with Crippen molar-refractivity contribution >= 4 is 17.3 Å². The summed E-state index contributed by atoms with van der Waals surface area (Å²) >= 11 is -1.91. The third-order valence-corrected chi connectivity index (χ3v) is 5.42. The number of esters is 1. The number of alkyl halides is 3. The highest BCUT2D eigenvalue weighted by atomic mass is 32.2. The number of nitrogens with one attached hydrogen (secondary N) is 1. The molecule has 0 saturated heterocycles. The average Bonchev–Trinajstić information content (AvgIpc) is 2.59. The Hall–Kier alpha value is -1.32. The number of benzene rings is 1. The van der Waals surface area contributed by atoms with E-state index >= 15 is 8.78 Å². The number of carbonyl (C=O) groups is 1. The van der Waals surface area contributed by atoms with E-state index in [2.05, 4.69) is 9.46 Å². The van der Waals surface area contributed by atoms with Crippen LogP contribution in [0.25, 0.3) is 0 Å². The zero-order chi connectivity index (χ0) is 20.7. The Morgan fingerprint density at radius 1 is 1.33 bits per heavy atom. The minimum absolute atomic E-state index is 0.0769. The first-order valence-corrected chi connectivity index (χ1v) is 10.0. The zero-order valence-corrected chi connectivity index (χ0v) is 16.4. The van der Waals surface area contributed by atoms with Crippen molar-refractivity contribution < 1.29 is 31.6 Å². The van der Waals surface area contributed by atoms with Gasteiger partial charge in [-0.1, -0.05) is 31.5 Å². The molecule has 1 unspecified atom stereocenters. The summed E-state index contributed by atoms with van der Waals surface area (Å²) in [6.07, 6.45) is -2.94. The predicted octanol–water partition coefficient (Wildman–Crippen LogP) is 4.02. The summed E-state index contributed by atoms with van der Waals surface area (Å²) in [4.78, 5) is 11.4. The monoisotopic (exact) mass is 411 g/mol. The fourth-order valence-corrected chi connectivity index (χ4v) is 3.86. The van der Waals surface area contributed by atoms with Crippen LogP contribution >= 0.6 is 0 Å². The Kier molecular flexibility index (Phi) is 9.04. The first kappa shape index (κ1) is 23.7. The standard InChI is InChI=1S/C18H25F4NO3S/c1-4-6-11-27(25)23-17(3,13-9-7-8-10-14(13)19)18(21,22)12-15(20)16(24)26-5-2/h7-10,15,23H,4-6,11-12H2,1-3H3/t15?,17-,27-/m1/s1. The van der Waals surface area contributed by atoms with Gasteiger partial charge in [0, 0.05) is 16.9 Å². The number of rotatable bonds is 11. The smallest absolute Gasteiger partial charge is 0.340 e. The normalized spacial score (nSPS) is 16.4. The first-order chi connectivity index (χ1) is 12.6. The van der Waals surface area contributed by atoms with Gasteiger partial charge in [0.25, 0.3) is 5.92 Å². The molecule has 9 heteroatoms. The maximum Gasteiger partial charge on any atom is 0.340 e. The number of halogens is 4. The zero-order valence-electron chi connectivity index (χ0n) is 15.6. The van der Waals surface area contributed by atoms with Gasteiger partial charge in [-0.25, -0.2) is 22.4 Å². The number of ether oxygens (including phenoxy) is 1. The van der Waals surface area contributed by atoms with Crippen LogP contribution in [-0.2, 0) is 26.4 Å². The van der Waals surface area contributed by atoms with Gasteiger partial charge in [0.05, 0.1) is 13.0 Å². The van der Waals surface area contributed by atoms with Crippen molar-refractivity contribution in [1.29, 1.82) is 0 Å². The lowest BCUT2D eigenvalue weighted by Crippen LogP contribution is -2.57. The van der Waals surface area contributed by atoms with E-state index in [0.717, 1.165) is 19.1 Å². The molecule has 0 aliphatic carbocycles. The van der Waals surface area contributed by atoms with Crippen molar-refractivity contribution in [1.82, 2.24) is 4.72 Å². The molecule has 0 amide bonds. The summed E-state index contributed by atoms with van der Waals surface area (Å²) in [5, 5.41) is 0. The lowest BCUT2D eigenvalue weighted by atomic mass is 9.83. The van der Waals surface area contributed by atoms with E-state index in [1.165, 1.54) is 19.1 Å².